The number of carbonyl (C=O) groups is 2. The van der Waals surface area contributed by atoms with Crippen molar-refractivity contribution in [1.29, 1.82) is 0 Å². The number of alkyl halides is 7. The van der Waals surface area contributed by atoms with Crippen molar-refractivity contribution in [2.24, 2.45) is 0 Å². The Kier molecular flexibility index (Phi) is 8.01. The molecule has 0 saturated heterocycles. The van der Waals surface area contributed by atoms with E-state index in [0.717, 1.165) is 0 Å². The fourth-order valence-corrected chi connectivity index (χ4v) is 2.01. The second kappa shape index (κ2) is 8.60. The molecule has 0 bridgehead atoms. The summed E-state index contributed by atoms with van der Waals surface area (Å²) in [5.74, 6) is -14.1. The summed E-state index contributed by atoms with van der Waals surface area (Å²) < 4.78 is 134. The van der Waals surface area contributed by atoms with E-state index in [9.17, 15) is 53.3 Å². The number of methoxy groups -OCH3 is 1. The minimum Gasteiger partial charge on any atom is -0.743 e. The van der Waals surface area contributed by atoms with Crippen LogP contribution in [0.3, 0.4) is 0 Å². The smallest absolute Gasteiger partial charge is 0.468 e. The molecule has 0 N–H and O–H groups in total. The van der Waals surface area contributed by atoms with Gasteiger partial charge >= 0.3 is 35.1 Å². The fraction of sp³-hybridized carbons (Fsp3) is 0.667. The molecule has 0 aliphatic carbocycles. The Bertz CT molecular complexity index is 703. The van der Waals surface area contributed by atoms with Crippen molar-refractivity contribution < 1.29 is 67.5 Å². The van der Waals surface area contributed by atoms with Gasteiger partial charge in [-0.2, -0.15) is 30.7 Å². The third-order valence-electron chi connectivity index (χ3n) is 2.92. The quantitative estimate of drug-likeness (QED) is 0.124. The number of hydrogen-bond acceptors (Lipinski definition) is 8. The lowest BCUT2D eigenvalue weighted by Gasteiger charge is -2.32. The Morgan fingerprint density at radius 1 is 1.11 bits per heavy atom. The van der Waals surface area contributed by atoms with Crippen LogP contribution in [0.5, 0.6) is 0 Å². The molecule has 0 aromatic rings. The van der Waals surface area contributed by atoms with Crippen LogP contribution >= 0.6 is 0 Å². The van der Waals surface area contributed by atoms with Crippen LogP contribution < -0.4 is 0 Å². The van der Waals surface area contributed by atoms with Crippen molar-refractivity contribution in [1.82, 2.24) is 0 Å². The summed E-state index contributed by atoms with van der Waals surface area (Å²) >= 11 is 0. The molecule has 0 radical (unpaired) electrons. The standard InChI is InChI=1S/C12H13F7O8S/c1-3-7(20)27-10(8(21)25-2,11(15,16)17)26-6-4-5-9(13,14)12(18,19)28(22,23)24/h3H,1,4-6H2,2H3,(H,22,23,24)/p-1. The molecular weight excluding hydrogens is 437 g/mol. The first kappa shape index (κ1) is 26.1. The van der Waals surface area contributed by atoms with Crippen LogP contribution in [0.2, 0.25) is 0 Å². The minimum atomic E-state index is -6.79. The lowest BCUT2D eigenvalue weighted by atomic mass is 10.2. The molecule has 1 atom stereocenters. The molecule has 16 heteroatoms. The summed E-state index contributed by atoms with van der Waals surface area (Å²) in [6.45, 7) is 1.21. The molecule has 0 aliphatic rings. The van der Waals surface area contributed by atoms with Gasteiger partial charge in [0, 0.05) is 12.5 Å². The van der Waals surface area contributed by atoms with E-state index in [1.807, 2.05) is 0 Å². The highest BCUT2D eigenvalue weighted by molar-refractivity contribution is 7.86. The van der Waals surface area contributed by atoms with Crippen LogP contribution in [0.1, 0.15) is 12.8 Å². The van der Waals surface area contributed by atoms with E-state index in [1.54, 1.807) is 0 Å². The predicted molar refractivity (Wildman–Crippen MR) is 71.9 cm³/mol. The largest absolute Gasteiger partial charge is 0.743 e. The molecule has 0 aromatic carbocycles. The Hall–Kier alpha value is -1.94. The first-order chi connectivity index (χ1) is 12.4. The molecule has 1 unspecified atom stereocenters. The van der Waals surface area contributed by atoms with Crippen molar-refractivity contribution in [3.05, 3.63) is 12.7 Å². The monoisotopic (exact) mass is 449 g/mol. The summed E-state index contributed by atoms with van der Waals surface area (Å²) in [7, 11) is -6.36. The molecule has 0 rings (SSSR count). The van der Waals surface area contributed by atoms with Crippen LogP contribution in [0.15, 0.2) is 12.7 Å². The number of hydrogen-bond donors (Lipinski definition) is 0. The fourth-order valence-electron chi connectivity index (χ4n) is 1.54. The molecule has 0 heterocycles. The second-order valence-corrected chi connectivity index (χ2v) is 6.28. The van der Waals surface area contributed by atoms with Gasteiger partial charge in [-0.15, -0.1) is 0 Å². The van der Waals surface area contributed by atoms with E-state index >= 15 is 0 Å². The highest BCUT2D eigenvalue weighted by atomic mass is 32.2. The number of esters is 2. The second-order valence-electron chi connectivity index (χ2n) is 4.86. The van der Waals surface area contributed by atoms with Crippen LogP contribution in [0.25, 0.3) is 0 Å². The van der Waals surface area contributed by atoms with E-state index in [1.165, 1.54) is 0 Å². The summed E-state index contributed by atoms with van der Waals surface area (Å²) in [4.78, 5) is 22.5. The first-order valence-electron chi connectivity index (χ1n) is 6.75. The average Bonchev–Trinajstić information content (AvgIpc) is 2.54. The van der Waals surface area contributed by atoms with Gasteiger partial charge in [0.05, 0.1) is 13.7 Å². The molecule has 0 amide bonds. The summed E-state index contributed by atoms with van der Waals surface area (Å²) in [5.41, 5.74) is 0. The molecule has 0 saturated carbocycles. The van der Waals surface area contributed by atoms with Crippen molar-refractivity contribution >= 4 is 22.1 Å². The zero-order valence-electron chi connectivity index (χ0n) is 13.7. The van der Waals surface area contributed by atoms with Gasteiger partial charge in [-0.1, -0.05) is 6.58 Å². The Morgan fingerprint density at radius 2 is 1.61 bits per heavy atom. The highest BCUT2D eigenvalue weighted by Crippen LogP contribution is 2.42. The van der Waals surface area contributed by atoms with Crippen LogP contribution in [0.4, 0.5) is 30.7 Å². The van der Waals surface area contributed by atoms with Crippen LogP contribution in [-0.2, 0) is 33.9 Å². The number of halogens is 7. The number of carbonyl (C=O) groups excluding carboxylic acids is 2. The van der Waals surface area contributed by atoms with Gasteiger partial charge < -0.3 is 18.8 Å². The molecular formula is C12H12F7O8S-. The number of rotatable bonds is 10. The Labute approximate surface area is 153 Å². The zero-order chi connectivity index (χ0) is 22.6. The molecule has 28 heavy (non-hydrogen) atoms. The minimum absolute atomic E-state index is 0.195. The molecule has 0 spiro atoms. The third-order valence-corrected chi connectivity index (χ3v) is 3.85. The summed E-state index contributed by atoms with van der Waals surface area (Å²) in [5, 5.41) is -6.06. The van der Waals surface area contributed by atoms with Gasteiger partial charge in [-0.25, -0.2) is 18.0 Å². The Morgan fingerprint density at radius 3 is 1.96 bits per heavy atom. The molecule has 0 fully saturated rings. The first-order valence-corrected chi connectivity index (χ1v) is 8.16. The molecule has 164 valence electrons. The van der Waals surface area contributed by atoms with E-state index in [-0.39, 0.29) is 6.08 Å². The zero-order valence-corrected chi connectivity index (χ0v) is 14.5. The molecule has 8 nitrogen and oxygen atoms in total. The van der Waals surface area contributed by atoms with Crippen molar-refractivity contribution in [3.8, 4) is 0 Å². The van der Waals surface area contributed by atoms with E-state index in [4.69, 9.17) is 0 Å². The van der Waals surface area contributed by atoms with Gasteiger partial charge in [0.2, 0.25) is 0 Å². The highest BCUT2D eigenvalue weighted by Gasteiger charge is 2.67. The molecule has 0 aromatic heterocycles. The SMILES string of the molecule is C=CC(=O)OC(OCCCC(F)(F)C(F)(F)S(=O)(=O)[O-])(C(=O)OC)C(F)(F)F. The van der Waals surface area contributed by atoms with E-state index in [2.05, 4.69) is 20.8 Å². The third kappa shape index (κ3) is 5.32. The lowest BCUT2D eigenvalue weighted by Crippen LogP contribution is -2.58. The predicted octanol–water partition coefficient (Wildman–Crippen LogP) is 1.72. The normalized spacial score (nSPS) is 15.5. The maximum Gasteiger partial charge on any atom is 0.468 e. The van der Waals surface area contributed by atoms with Crippen molar-refractivity contribution in [3.63, 3.8) is 0 Å². The van der Waals surface area contributed by atoms with Gasteiger partial charge in [-0.05, 0) is 6.42 Å². The van der Waals surface area contributed by atoms with Crippen LogP contribution in [-0.4, -0.2) is 61.8 Å². The topological polar surface area (TPSA) is 119 Å². The van der Waals surface area contributed by atoms with Crippen molar-refractivity contribution in [2.75, 3.05) is 13.7 Å². The summed E-state index contributed by atoms with van der Waals surface area (Å²) in [6.07, 6.45) is -9.16. The van der Waals surface area contributed by atoms with Gasteiger partial charge in [-0.3, -0.25) is 0 Å². The van der Waals surface area contributed by atoms with Crippen LogP contribution in [0, 0.1) is 0 Å². The lowest BCUT2D eigenvalue weighted by molar-refractivity contribution is -0.354. The maximum atomic E-state index is 13.2. The summed E-state index contributed by atoms with van der Waals surface area (Å²) in [6, 6.07) is 0. The maximum absolute atomic E-state index is 13.2. The van der Waals surface area contributed by atoms with E-state index in [0.29, 0.717) is 7.11 Å². The van der Waals surface area contributed by atoms with E-state index < -0.39 is 64.6 Å². The van der Waals surface area contributed by atoms with Gasteiger partial charge in [0.15, 0.2) is 10.1 Å². The average molecular weight is 449 g/mol. The Balaban J connectivity index is 5.49. The molecule has 0 aliphatic heterocycles. The van der Waals surface area contributed by atoms with Gasteiger partial charge in [0.25, 0.3) is 0 Å². The number of ether oxygens (including phenoxy) is 3. The van der Waals surface area contributed by atoms with Crippen molar-refractivity contribution in [2.45, 2.75) is 36.0 Å². The van der Waals surface area contributed by atoms with Gasteiger partial charge in [0.1, 0.15) is 0 Å².